The maximum absolute atomic E-state index is 6.19. The summed E-state index contributed by atoms with van der Waals surface area (Å²) < 4.78 is 2.18. The van der Waals surface area contributed by atoms with Crippen LogP contribution in [0.2, 0.25) is 5.02 Å². The largest absolute Gasteiger partial charge is 0.306 e. The summed E-state index contributed by atoms with van der Waals surface area (Å²) >= 11 is 15.1. The van der Waals surface area contributed by atoms with E-state index < -0.39 is 0 Å². The summed E-state index contributed by atoms with van der Waals surface area (Å²) in [7, 11) is 0. The Labute approximate surface area is 146 Å². The zero-order chi connectivity index (χ0) is 14.7. The van der Waals surface area contributed by atoms with Crippen LogP contribution in [-0.2, 0) is 0 Å². The molecule has 0 aliphatic heterocycles. The van der Waals surface area contributed by atoms with Gasteiger partial charge in [-0.1, -0.05) is 34.5 Å². The maximum atomic E-state index is 6.19. The van der Waals surface area contributed by atoms with Crippen molar-refractivity contribution in [2.45, 2.75) is 26.3 Å². The molecule has 1 unspecified atom stereocenters. The average molecular weight is 438 g/mol. The van der Waals surface area contributed by atoms with Gasteiger partial charge in [0.15, 0.2) is 0 Å². The topological polar surface area (TPSA) is 12.0 Å². The van der Waals surface area contributed by atoms with Crippen LogP contribution < -0.4 is 5.32 Å². The number of rotatable bonds is 5. The van der Waals surface area contributed by atoms with Crippen LogP contribution in [-0.4, -0.2) is 6.54 Å². The second-order valence-corrected chi connectivity index (χ2v) is 8.14. The third kappa shape index (κ3) is 4.08. The lowest BCUT2D eigenvalue weighted by atomic mass is 10.1. The molecule has 1 nitrogen and oxygen atoms in total. The normalized spacial score (nSPS) is 12.7. The number of hydrogen-bond acceptors (Lipinski definition) is 2. The molecule has 2 rings (SSSR count). The minimum absolute atomic E-state index is 0.181. The second-order valence-electron chi connectivity index (χ2n) is 4.64. The molecule has 1 aromatic heterocycles. The summed E-state index contributed by atoms with van der Waals surface area (Å²) in [5.41, 5.74) is 1.19. The molecule has 0 aliphatic rings. The summed E-state index contributed by atoms with van der Waals surface area (Å²) in [5, 5.41) is 4.36. The summed E-state index contributed by atoms with van der Waals surface area (Å²) in [6.07, 6.45) is 1.10. The molecule has 1 aromatic carbocycles. The molecule has 108 valence electrons. The molecule has 2 aromatic rings. The van der Waals surface area contributed by atoms with Crippen molar-refractivity contribution < 1.29 is 0 Å². The number of halogens is 3. The lowest BCUT2D eigenvalue weighted by Gasteiger charge is -2.18. The average Bonchev–Trinajstić information content (AvgIpc) is 2.69. The molecule has 5 heteroatoms. The summed E-state index contributed by atoms with van der Waals surface area (Å²) in [4.78, 5) is 2.60. The van der Waals surface area contributed by atoms with Gasteiger partial charge in [-0.3, -0.25) is 0 Å². The standard InChI is InChI=1S/C15H16Br2ClNS/c1-3-4-19-15(14-8-13(17)9(2)20-14)10-5-11(16)7-12(18)6-10/h5-8,15,19H,3-4H2,1-2H3. The number of aryl methyl sites for hydroxylation is 1. The van der Waals surface area contributed by atoms with Gasteiger partial charge in [-0.25, -0.2) is 0 Å². The SMILES string of the molecule is CCCNC(c1cc(Cl)cc(Br)c1)c1cc(Br)c(C)s1. The predicted molar refractivity (Wildman–Crippen MR) is 96.0 cm³/mol. The van der Waals surface area contributed by atoms with Gasteiger partial charge in [0.1, 0.15) is 0 Å². The Morgan fingerprint density at radius 2 is 2.00 bits per heavy atom. The van der Waals surface area contributed by atoms with Gasteiger partial charge in [0.25, 0.3) is 0 Å². The Bertz CT molecular complexity index is 558. The fourth-order valence-electron chi connectivity index (χ4n) is 2.04. The molecule has 0 amide bonds. The van der Waals surface area contributed by atoms with Gasteiger partial charge in [0.05, 0.1) is 6.04 Å². The highest BCUT2D eigenvalue weighted by Crippen LogP contribution is 2.35. The van der Waals surface area contributed by atoms with Crippen LogP contribution in [0.4, 0.5) is 0 Å². The van der Waals surface area contributed by atoms with Crippen LogP contribution in [0.1, 0.15) is 34.7 Å². The Morgan fingerprint density at radius 1 is 1.25 bits per heavy atom. The molecule has 1 atom stereocenters. The van der Waals surface area contributed by atoms with Gasteiger partial charge in [0, 0.05) is 23.7 Å². The van der Waals surface area contributed by atoms with Crippen molar-refractivity contribution in [1.29, 1.82) is 0 Å². The summed E-state index contributed by atoms with van der Waals surface area (Å²) in [6, 6.07) is 8.45. The van der Waals surface area contributed by atoms with Crippen molar-refractivity contribution in [3.63, 3.8) is 0 Å². The third-order valence-electron chi connectivity index (χ3n) is 2.98. The van der Waals surface area contributed by atoms with Gasteiger partial charge in [-0.2, -0.15) is 0 Å². The van der Waals surface area contributed by atoms with Crippen LogP contribution in [0.15, 0.2) is 33.2 Å². The first-order valence-electron chi connectivity index (χ1n) is 6.46. The number of hydrogen-bond donors (Lipinski definition) is 1. The summed E-state index contributed by atoms with van der Waals surface area (Å²) in [6.45, 7) is 5.28. The smallest absolute Gasteiger partial charge is 0.0672 e. The molecule has 0 saturated heterocycles. The highest BCUT2D eigenvalue weighted by Gasteiger charge is 2.17. The molecule has 0 bridgehead atoms. The Balaban J connectivity index is 2.40. The van der Waals surface area contributed by atoms with E-state index in [4.69, 9.17) is 11.6 Å². The molecule has 0 fully saturated rings. The molecular formula is C15H16Br2ClNS. The molecule has 1 heterocycles. The molecule has 1 N–H and O–H groups in total. The van der Waals surface area contributed by atoms with Crippen molar-refractivity contribution in [3.8, 4) is 0 Å². The monoisotopic (exact) mass is 435 g/mol. The van der Waals surface area contributed by atoms with E-state index in [1.807, 2.05) is 23.5 Å². The van der Waals surface area contributed by atoms with Crippen molar-refractivity contribution in [3.05, 3.63) is 53.6 Å². The van der Waals surface area contributed by atoms with E-state index in [1.165, 1.54) is 19.8 Å². The lowest BCUT2D eigenvalue weighted by Crippen LogP contribution is -2.22. The highest BCUT2D eigenvalue weighted by molar-refractivity contribution is 9.10. The lowest BCUT2D eigenvalue weighted by molar-refractivity contribution is 0.605. The van der Waals surface area contributed by atoms with E-state index in [0.717, 1.165) is 22.5 Å². The van der Waals surface area contributed by atoms with Crippen LogP contribution in [0.3, 0.4) is 0 Å². The fraction of sp³-hybridized carbons (Fsp3) is 0.333. The molecule has 0 spiro atoms. The van der Waals surface area contributed by atoms with Crippen LogP contribution in [0.5, 0.6) is 0 Å². The maximum Gasteiger partial charge on any atom is 0.0672 e. The van der Waals surface area contributed by atoms with E-state index in [0.29, 0.717) is 0 Å². The Morgan fingerprint density at radius 3 is 2.55 bits per heavy atom. The van der Waals surface area contributed by atoms with Crippen LogP contribution in [0, 0.1) is 6.92 Å². The van der Waals surface area contributed by atoms with E-state index in [1.54, 1.807) is 0 Å². The van der Waals surface area contributed by atoms with E-state index in [9.17, 15) is 0 Å². The molecule has 20 heavy (non-hydrogen) atoms. The first-order valence-corrected chi connectivity index (χ1v) is 9.24. The predicted octanol–water partition coefficient (Wildman–Crippen LogP) is 6.32. The molecule has 0 radical (unpaired) electrons. The minimum atomic E-state index is 0.181. The quantitative estimate of drug-likeness (QED) is 0.577. The molecule has 0 aliphatic carbocycles. The van der Waals surface area contributed by atoms with Crippen molar-refractivity contribution >= 4 is 54.8 Å². The fourth-order valence-corrected chi connectivity index (χ4v) is 4.59. The third-order valence-corrected chi connectivity index (χ3v) is 5.85. The molecule has 0 saturated carbocycles. The van der Waals surface area contributed by atoms with Crippen LogP contribution in [0.25, 0.3) is 0 Å². The van der Waals surface area contributed by atoms with E-state index in [2.05, 4.69) is 63.2 Å². The number of benzene rings is 1. The Hall–Kier alpha value is 0.130. The van der Waals surface area contributed by atoms with Gasteiger partial charge in [-0.15, -0.1) is 11.3 Å². The van der Waals surface area contributed by atoms with Gasteiger partial charge >= 0.3 is 0 Å². The van der Waals surface area contributed by atoms with Gasteiger partial charge in [-0.05, 0) is 65.6 Å². The minimum Gasteiger partial charge on any atom is -0.306 e. The second kappa shape index (κ2) is 7.41. The van der Waals surface area contributed by atoms with E-state index >= 15 is 0 Å². The highest BCUT2D eigenvalue weighted by atomic mass is 79.9. The first-order chi connectivity index (χ1) is 9.51. The zero-order valence-electron chi connectivity index (χ0n) is 11.3. The summed E-state index contributed by atoms with van der Waals surface area (Å²) in [5.74, 6) is 0. The molecular weight excluding hydrogens is 422 g/mol. The number of thiophene rings is 1. The van der Waals surface area contributed by atoms with E-state index in [-0.39, 0.29) is 6.04 Å². The van der Waals surface area contributed by atoms with Gasteiger partial charge < -0.3 is 5.32 Å². The van der Waals surface area contributed by atoms with Crippen molar-refractivity contribution in [2.24, 2.45) is 0 Å². The van der Waals surface area contributed by atoms with Crippen LogP contribution >= 0.6 is 54.8 Å². The van der Waals surface area contributed by atoms with Crippen molar-refractivity contribution in [1.82, 2.24) is 5.32 Å². The van der Waals surface area contributed by atoms with Crippen molar-refractivity contribution in [2.75, 3.05) is 6.54 Å². The zero-order valence-corrected chi connectivity index (χ0v) is 16.1. The first kappa shape index (κ1) is 16.5. The Kier molecular flexibility index (Phi) is 6.11. The van der Waals surface area contributed by atoms with Gasteiger partial charge in [0.2, 0.25) is 0 Å². The number of nitrogens with one attached hydrogen (secondary N) is 1.